The van der Waals surface area contributed by atoms with Crippen molar-refractivity contribution in [3.05, 3.63) is 53.7 Å². The number of hydrogen-bond donors (Lipinski definition) is 3. The predicted octanol–water partition coefficient (Wildman–Crippen LogP) is 2.24. The molecule has 4 nitrogen and oxygen atoms in total. The molecule has 1 unspecified atom stereocenters. The molecule has 0 aliphatic rings. The van der Waals surface area contributed by atoms with Crippen LogP contribution in [0.4, 0.5) is 5.82 Å². The van der Waals surface area contributed by atoms with E-state index in [1.807, 2.05) is 19.1 Å². The number of nitrogens with one attached hydrogen (secondary N) is 1. The van der Waals surface area contributed by atoms with Crippen LogP contribution in [0.2, 0.25) is 0 Å². The number of pyridine rings is 1. The van der Waals surface area contributed by atoms with Gasteiger partial charge in [0.05, 0.1) is 6.10 Å². The molecule has 3 N–H and O–H groups in total. The van der Waals surface area contributed by atoms with Crippen molar-refractivity contribution in [3.63, 3.8) is 0 Å². The Balaban J connectivity index is 1.98. The van der Waals surface area contributed by atoms with Crippen LogP contribution in [0.1, 0.15) is 17.2 Å². The number of aryl methyl sites for hydroxylation is 1. The van der Waals surface area contributed by atoms with Crippen LogP contribution < -0.4 is 5.32 Å². The summed E-state index contributed by atoms with van der Waals surface area (Å²) in [5.74, 6) is 0.967. The van der Waals surface area contributed by atoms with Crippen LogP contribution in [-0.2, 0) is 0 Å². The largest absolute Gasteiger partial charge is 0.508 e. The third kappa shape index (κ3) is 2.99. The topological polar surface area (TPSA) is 65.4 Å². The second kappa shape index (κ2) is 5.51. The number of aromatic hydroxyl groups is 1. The Morgan fingerprint density at radius 3 is 2.61 bits per heavy atom. The van der Waals surface area contributed by atoms with Crippen LogP contribution in [0.15, 0.2) is 42.6 Å². The van der Waals surface area contributed by atoms with Gasteiger partial charge in [0.2, 0.25) is 0 Å². The highest BCUT2D eigenvalue weighted by Gasteiger charge is 2.08. The standard InChI is InChI=1S/C14H16N2O2/c1-10-3-2-8-15-14(10)16-9-13(18)11-4-6-12(17)7-5-11/h2-8,13,17-18H,9H2,1H3,(H,15,16). The molecule has 2 rings (SSSR count). The Labute approximate surface area is 106 Å². The average Bonchev–Trinajstić information content (AvgIpc) is 2.38. The molecule has 0 bridgehead atoms. The molecule has 4 heteroatoms. The SMILES string of the molecule is Cc1cccnc1NCC(O)c1ccc(O)cc1. The van der Waals surface area contributed by atoms with Gasteiger partial charge in [-0.15, -0.1) is 0 Å². The fraction of sp³-hybridized carbons (Fsp3) is 0.214. The minimum Gasteiger partial charge on any atom is -0.508 e. The second-order valence-corrected chi connectivity index (χ2v) is 4.16. The van der Waals surface area contributed by atoms with E-state index in [2.05, 4.69) is 10.3 Å². The number of aromatic nitrogens is 1. The zero-order valence-corrected chi connectivity index (χ0v) is 10.2. The van der Waals surface area contributed by atoms with E-state index in [0.29, 0.717) is 6.54 Å². The number of nitrogens with zero attached hydrogens (tertiary/aromatic N) is 1. The first-order valence-electron chi connectivity index (χ1n) is 5.79. The van der Waals surface area contributed by atoms with Gasteiger partial charge in [-0.1, -0.05) is 18.2 Å². The number of aliphatic hydroxyl groups is 1. The number of aliphatic hydroxyl groups excluding tert-OH is 1. The van der Waals surface area contributed by atoms with Crippen LogP contribution in [0.5, 0.6) is 5.75 Å². The third-order valence-corrected chi connectivity index (χ3v) is 2.75. The molecular formula is C14H16N2O2. The summed E-state index contributed by atoms with van der Waals surface area (Å²) in [6.45, 7) is 2.34. The van der Waals surface area contributed by atoms with E-state index in [1.54, 1.807) is 30.5 Å². The molecule has 1 aromatic carbocycles. The Morgan fingerprint density at radius 1 is 1.22 bits per heavy atom. The van der Waals surface area contributed by atoms with Gasteiger partial charge in [0.25, 0.3) is 0 Å². The van der Waals surface area contributed by atoms with E-state index in [9.17, 15) is 10.2 Å². The highest BCUT2D eigenvalue weighted by atomic mass is 16.3. The lowest BCUT2D eigenvalue weighted by Crippen LogP contribution is -2.13. The van der Waals surface area contributed by atoms with Gasteiger partial charge in [0.1, 0.15) is 11.6 Å². The summed E-state index contributed by atoms with van der Waals surface area (Å²) in [5.41, 5.74) is 1.80. The minimum atomic E-state index is -0.632. The van der Waals surface area contributed by atoms with Gasteiger partial charge in [-0.2, -0.15) is 0 Å². The Hall–Kier alpha value is -2.07. The minimum absolute atomic E-state index is 0.194. The van der Waals surface area contributed by atoms with Crippen molar-refractivity contribution in [2.45, 2.75) is 13.0 Å². The zero-order valence-electron chi connectivity index (χ0n) is 10.2. The van der Waals surface area contributed by atoms with E-state index in [4.69, 9.17) is 0 Å². The molecule has 0 spiro atoms. The van der Waals surface area contributed by atoms with E-state index in [-0.39, 0.29) is 5.75 Å². The van der Waals surface area contributed by atoms with Crippen molar-refractivity contribution < 1.29 is 10.2 Å². The summed E-state index contributed by atoms with van der Waals surface area (Å²) in [6, 6.07) is 10.4. The van der Waals surface area contributed by atoms with Gasteiger partial charge in [0.15, 0.2) is 0 Å². The highest BCUT2D eigenvalue weighted by molar-refractivity contribution is 5.43. The number of phenolic OH excluding ortho intramolecular Hbond substituents is 1. The van der Waals surface area contributed by atoms with Crippen LogP contribution in [-0.4, -0.2) is 21.7 Å². The average molecular weight is 244 g/mol. The molecule has 0 aliphatic heterocycles. The van der Waals surface area contributed by atoms with Crippen molar-refractivity contribution >= 4 is 5.82 Å². The van der Waals surface area contributed by atoms with Gasteiger partial charge in [-0.3, -0.25) is 0 Å². The summed E-state index contributed by atoms with van der Waals surface area (Å²) in [5, 5.41) is 22.3. The lowest BCUT2D eigenvalue weighted by atomic mass is 10.1. The van der Waals surface area contributed by atoms with Crippen molar-refractivity contribution in [2.75, 3.05) is 11.9 Å². The molecule has 1 aromatic heterocycles. The lowest BCUT2D eigenvalue weighted by Gasteiger charge is -2.13. The number of hydrogen-bond acceptors (Lipinski definition) is 4. The van der Waals surface area contributed by atoms with Crippen molar-refractivity contribution in [2.24, 2.45) is 0 Å². The highest BCUT2D eigenvalue weighted by Crippen LogP contribution is 2.18. The molecule has 1 heterocycles. The van der Waals surface area contributed by atoms with Crippen molar-refractivity contribution in [1.29, 1.82) is 0 Å². The van der Waals surface area contributed by atoms with Gasteiger partial charge in [0, 0.05) is 12.7 Å². The second-order valence-electron chi connectivity index (χ2n) is 4.16. The number of phenols is 1. The van der Waals surface area contributed by atoms with E-state index < -0.39 is 6.10 Å². The van der Waals surface area contributed by atoms with E-state index in [1.165, 1.54) is 0 Å². The van der Waals surface area contributed by atoms with E-state index >= 15 is 0 Å². The molecule has 94 valence electrons. The van der Waals surface area contributed by atoms with Crippen molar-refractivity contribution in [3.8, 4) is 5.75 Å². The van der Waals surface area contributed by atoms with Crippen LogP contribution in [0.3, 0.4) is 0 Å². The first-order chi connectivity index (χ1) is 8.66. The molecule has 2 aromatic rings. The van der Waals surface area contributed by atoms with Crippen molar-refractivity contribution in [1.82, 2.24) is 4.98 Å². The van der Waals surface area contributed by atoms with Gasteiger partial charge in [-0.25, -0.2) is 4.98 Å². The summed E-state index contributed by atoms with van der Waals surface area (Å²) < 4.78 is 0. The first kappa shape index (κ1) is 12.4. The molecule has 18 heavy (non-hydrogen) atoms. The summed E-state index contributed by atoms with van der Waals surface area (Å²) in [6.07, 6.45) is 1.08. The van der Waals surface area contributed by atoms with Crippen LogP contribution >= 0.6 is 0 Å². The molecular weight excluding hydrogens is 228 g/mol. The monoisotopic (exact) mass is 244 g/mol. The molecule has 0 saturated heterocycles. The maximum absolute atomic E-state index is 9.99. The molecule has 0 aliphatic carbocycles. The van der Waals surface area contributed by atoms with Crippen LogP contribution in [0.25, 0.3) is 0 Å². The number of rotatable bonds is 4. The smallest absolute Gasteiger partial charge is 0.128 e. The molecule has 0 radical (unpaired) electrons. The molecule has 0 amide bonds. The van der Waals surface area contributed by atoms with Gasteiger partial charge < -0.3 is 15.5 Å². The Morgan fingerprint density at radius 2 is 1.94 bits per heavy atom. The fourth-order valence-electron chi connectivity index (χ4n) is 1.68. The number of anilines is 1. The third-order valence-electron chi connectivity index (χ3n) is 2.75. The predicted molar refractivity (Wildman–Crippen MR) is 70.5 cm³/mol. The Bertz CT molecular complexity index is 511. The fourth-order valence-corrected chi connectivity index (χ4v) is 1.68. The van der Waals surface area contributed by atoms with Crippen LogP contribution in [0, 0.1) is 6.92 Å². The maximum Gasteiger partial charge on any atom is 0.128 e. The molecule has 0 fully saturated rings. The first-order valence-corrected chi connectivity index (χ1v) is 5.79. The summed E-state index contributed by atoms with van der Waals surface area (Å²) in [7, 11) is 0. The zero-order chi connectivity index (χ0) is 13.0. The molecule has 0 saturated carbocycles. The quantitative estimate of drug-likeness (QED) is 0.771. The summed E-state index contributed by atoms with van der Waals surface area (Å²) >= 11 is 0. The summed E-state index contributed by atoms with van der Waals surface area (Å²) in [4.78, 5) is 4.20. The van der Waals surface area contributed by atoms with Gasteiger partial charge in [-0.05, 0) is 36.2 Å². The van der Waals surface area contributed by atoms with E-state index in [0.717, 1.165) is 16.9 Å². The normalized spacial score (nSPS) is 12.1. The Kier molecular flexibility index (Phi) is 3.79. The molecule has 1 atom stereocenters. The maximum atomic E-state index is 9.99. The number of benzene rings is 1. The van der Waals surface area contributed by atoms with Gasteiger partial charge >= 0.3 is 0 Å². The lowest BCUT2D eigenvalue weighted by molar-refractivity contribution is 0.191.